The fourth-order valence-corrected chi connectivity index (χ4v) is 2.41. The Morgan fingerprint density at radius 2 is 1.72 bits per heavy atom. The third-order valence-electron chi connectivity index (χ3n) is 3.38. The lowest BCUT2D eigenvalue weighted by molar-refractivity contribution is 0.232. The highest BCUT2D eigenvalue weighted by Crippen LogP contribution is 2.24. The number of nitrogens with one attached hydrogen (secondary N) is 1. The zero-order valence-electron chi connectivity index (χ0n) is 9.93. The van der Waals surface area contributed by atoms with Crippen molar-refractivity contribution in [3.05, 3.63) is 35.1 Å². The van der Waals surface area contributed by atoms with Crippen molar-refractivity contribution in [3.63, 3.8) is 0 Å². The molecule has 1 saturated carbocycles. The first kappa shape index (κ1) is 13.4. The van der Waals surface area contributed by atoms with E-state index in [9.17, 15) is 18.3 Å². The second kappa shape index (κ2) is 5.71. The Kier molecular flexibility index (Phi) is 4.24. The number of rotatable bonds is 4. The standard InChI is InChI=1S/C13H16F3NO/c14-10-5-8(6-11(15)13(10)16)12(7-18)17-9-3-1-2-4-9/h5-6,9,12,17-18H,1-4,7H2. The van der Waals surface area contributed by atoms with E-state index in [1.165, 1.54) is 0 Å². The minimum absolute atomic E-state index is 0.237. The van der Waals surface area contributed by atoms with E-state index in [1.54, 1.807) is 0 Å². The van der Waals surface area contributed by atoms with E-state index < -0.39 is 23.5 Å². The van der Waals surface area contributed by atoms with Gasteiger partial charge in [0.05, 0.1) is 12.6 Å². The molecule has 0 radical (unpaired) electrons. The summed E-state index contributed by atoms with van der Waals surface area (Å²) in [5, 5.41) is 12.4. The summed E-state index contributed by atoms with van der Waals surface area (Å²) >= 11 is 0. The maximum atomic E-state index is 13.1. The van der Waals surface area contributed by atoms with Crippen LogP contribution >= 0.6 is 0 Å². The van der Waals surface area contributed by atoms with Crippen LogP contribution in [0.25, 0.3) is 0 Å². The molecule has 100 valence electrons. The van der Waals surface area contributed by atoms with Crippen molar-refractivity contribution in [1.82, 2.24) is 5.32 Å². The molecule has 1 aromatic carbocycles. The smallest absolute Gasteiger partial charge is 0.194 e. The third kappa shape index (κ3) is 2.84. The second-order valence-electron chi connectivity index (χ2n) is 4.68. The zero-order valence-corrected chi connectivity index (χ0v) is 9.93. The summed E-state index contributed by atoms with van der Waals surface area (Å²) in [6.07, 6.45) is 4.20. The van der Waals surface area contributed by atoms with E-state index in [-0.39, 0.29) is 18.2 Å². The number of hydrogen-bond donors (Lipinski definition) is 2. The van der Waals surface area contributed by atoms with Crippen LogP contribution in [0.4, 0.5) is 13.2 Å². The average Bonchev–Trinajstić information content (AvgIpc) is 2.85. The highest BCUT2D eigenvalue weighted by molar-refractivity contribution is 5.23. The topological polar surface area (TPSA) is 32.3 Å². The van der Waals surface area contributed by atoms with Gasteiger partial charge in [0, 0.05) is 6.04 Å². The molecule has 1 aliphatic carbocycles. The fourth-order valence-electron chi connectivity index (χ4n) is 2.41. The summed E-state index contributed by atoms with van der Waals surface area (Å²) < 4.78 is 39.1. The Morgan fingerprint density at radius 1 is 1.17 bits per heavy atom. The molecule has 1 atom stereocenters. The normalized spacial score (nSPS) is 18.2. The lowest BCUT2D eigenvalue weighted by Crippen LogP contribution is -2.32. The third-order valence-corrected chi connectivity index (χ3v) is 3.38. The van der Waals surface area contributed by atoms with Gasteiger partial charge in [0.25, 0.3) is 0 Å². The molecule has 2 N–H and O–H groups in total. The monoisotopic (exact) mass is 259 g/mol. The number of aliphatic hydroxyl groups excluding tert-OH is 1. The summed E-state index contributed by atoms with van der Waals surface area (Å²) in [6.45, 7) is -0.277. The second-order valence-corrected chi connectivity index (χ2v) is 4.68. The average molecular weight is 259 g/mol. The van der Waals surface area contributed by atoms with Crippen LogP contribution in [0.3, 0.4) is 0 Å². The number of benzene rings is 1. The SMILES string of the molecule is OCC(NC1CCCC1)c1cc(F)c(F)c(F)c1. The summed E-state index contributed by atoms with van der Waals surface area (Å²) in [6, 6.07) is 1.55. The Hall–Kier alpha value is -1.07. The first-order valence-corrected chi connectivity index (χ1v) is 6.13. The van der Waals surface area contributed by atoms with Crippen molar-refractivity contribution in [3.8, 4) is 0 Å². The first-order valence-electron chi connectivity index (χ1n) is 6.13. The molecule has 2 nitrogen and oxygen atoms in total. The van der Waals surface area contributed by atoms with E-state index in [0.29, 0.717) is 0 Å². The molecule has 0 amide bonds. The van der Waals surface area contributed by atoms with Crippen LogP contribution < -0.4 is 5.32 Å². The van der Waals surface area contributed by atoms with Gasteiger partial charge in [0.1, 0.15) is 0 Å². The molecule has 18 heavy (non-hydrogen) atoms. The van der Waals surface area contributed by atoms with Gasteiger partial charge in [-0.1, -0.05) is 12.8 Å². The van der Waals surface area contributed by atoms with E-state index in [0.717, 1.165) is 37.8 Å². The summed E-state index contributed by atoms with van der Waals surface area (Å²) in [4.78, 5) is 0. The highest BCUT2D eigenvalue weighted by atomic mass is 19.2. The van der Waals surface area contributed by atoms with E-state index >= 15 is 0 Å². The molecule has 0 heterocycles. The predicted octanol–water partition coefficient (Wildman–Crippen LogP) is 2.67. The van der Waals surface area contributed by atoms with Crippen molar-refractivity contribution in [2.45, 2.75) is 37.8 Å². The van der Waals surface area contributed by atoms with Gasteiger partial charge in [-0.25, -0.2) is 13.2 Å². The number of halogens is 3. The molecule has 1 fully saturated rings. The lowest BCUT2D eigenvalue weighted by Gasteiger charge is -2.21. The van der Waals surface area contributed by atoms with Crippen LogP contribution in [0, 0.1) is 17.5 Å². The molecule has 1 unspecified atom stereocenters. The summed E-state index contributed by atoms with van der Waals surface area (Å²) in [5.41, 5.74) is 0.237. The van der Waals surface area contributed by atoms with Crippen molar-refractivity contribution < 1.29 is 18.3 Å². The van der Waals surface area contributed by atoms with Crippen LogP contribution in [-0.4, -0.2) is 17.8 Å². The Bertz CT molecular complexity index is 396. The maximum Gasteiger partial charge on any atom is 0.194 e. The Balaban J connectivity index is 2.16. The largest absolute Gasteiger partial charge is 0.394 e. The molecule has 2 rings (SSSR count). The molecule has 0 spiro atoms. The molecule has 0 saturated heterocycles. The molecule has 0 aliphatic heterocycles. The molecule has 0 bridgehead atoms. The predicted molar refractivity (Wildman–Crippen MR) is 61.5 cm³/mol. The minimum atomic E-state index is -1.48. The minimum Gasteiger partial charge on any atom is -0.394 e. The molecular formula is C13H16F3NO. The number of hydrogen-bond acceptors (Lipinski definition) is 2. The van der Waals surface area contributed by atoms with Crippen molar-refractivity contribution in [2.24, 2.45) is 0 Å². The highest BCUT2D eigenvalue weighted by Gasteiger charge is 2.22. The van der Waals surface area contributed by atoms with Gasteiger partial charge in [-0.3, -0.25) is 0 Å². The molecule has 5 heteroatoms. The first-order chi connectivity index (χ1) is 8.61. The Labute approximate surface area is 104 Å². The van der Waals surface area contributed by atoms with Crippen LogP contribution in [0.2, 0.25) is 0 Å². The summed E-state index contributed by atoms with van der Waals surface area (Å²) in [7, 11) is 0. The molecular weight excluding hydrogens is 243 g/mol. The van der Waals surface area contributed by atoms with Crippen LogP contribution in [0.15, 0.2) is 12.1 Å². The van der Waals surface area contributed by atoms with Gasteiger partial charge in [0.15, 0.2) is 17.5 Å². The quantitative estimate of drug-likeness (QED) is 0.815. The van der Waals surface area contributed by atoms with Gasteiger partial charge in [-0.15, -0.1) is 0 Å². The van der Waals surface area contributed by atoms with Crippen molar-refractivity contribution in [1.29, 1.82) is 0 Å². The van der Waals surface area contributed by atoms with Gasteiger partial charge in [-0.05, 0) is 30.5 Å². The van der Waals surface area contributed by atoms with Crippen molar-refractivity contribution >= 4 is 0 Å². The van der Waals surface area contributed by atoms with Crippen molar-refractivity contribution in [2.75, 3.05) is 6.61 Å². The zero-order chi connectivity index (χ0) is 13.1. The maximum absolute atomic E-state index is 13.1. The Morgan fingerprint density at radius 3 is 2.22 bits per heavy atom. The fraction of sp³-hybridized carbons (Fsp3) is 0.538. The van der Waals surface area contributed by atoms with E-state index in [1.807, 2.05) is 0 Å². The number of aliphatic hydroxyl groups is 1. The van der Waals surface area contributed by atoms with Gasteiger partial charge < -0.3 is 10.4 Å². The molecule has 1 aromatic rings. The molecule has 1 aliphatic rings. The van der Waals surface area contributed by atoms with E-state index in [2.05, 4.69) is 5.32 Å². The molecule has 0 aromatic heterocycles. The van der Waals surface area contributed by atoms with Crippen LogP contribution in [0.1, 0.15) is 37.3 Å². The van der Waals surface area contributed by atoms with E-state index in [4.69, 9.17) is 0 Å². The van der Waals surface area contributed by atoms with Gasteiger partial charge >= 0.3 is 0 Å². The van der Waals surface area contributed by atoms with Gasteiger partial charge in [0.2, 0.25) is 0 Å². The summed E-state index contributed by atoms with van der Waals surface area (Å²) in [5.74, 6) is -3.93. The van der Waals surface area contributed by atoms with Gasteiger partial charge in [-0.2, -0.15) is 0 Å². The van der Waals surface area contributed by atoms with Crippen LogP contribution in [-0.2, 0) is 0 Å². The lowest BCUT2D eigenvalue weighted by atomic mass is 10.1. The van der Waals surface area contributed by atoms with Crippen LogP contribution in [0.5, 0.6) is 0 Å².